The number of hydrogen-bond acceptors (Lipinski definition) is 2. The van der Waals surface area contributed by atoms with Gasteiger partial charge in [-0.1, -0.05) is 26.0 Å². The zero-order chi connectivity index (χ0) is 12.1. The van der Waals surface area contributed by atoms with E-state index in [-0.39, 0.29) is 12.3 Å². The second kappa shape index (κ2) is 5.54. The lowest BCUT2D eigenvalue weighted by Crippen LogP contribution is -2.15. The normalized spacial score (nSPS) is 10.5. The molecule has 0 bridgehead atoms. The number of carbonyl (C=O) groups is 1. The topological polar surface area (TPSA) is 52.3 Å². The highest BCUT2D eigenvalue weighted by atomic mass is 16.5. The number of benzene rings is 1. The van der Waals surface area contributed by atoms with Crippen molar-refractivity contribution < 1.29 is 9.53 Å². The molecule has 88 valence electrons. The second-order valence-electron chi connectivity index (χ2n) is 4.26. The van der Waals surface area contributed by atoms with Crippen LogP contribution in [0.25, 0.3) is 0 Å². The molecule has 0 fully saturated rings. The Kier molecular flexibility index (Phi) is 4.35. The predicted molar refractivity (Wildman–Crippen MR) is 64.6 cm³/mol. The van der Waals surface area contributed by atoms with E-state index in [1.54, 1.807) is 0 Å². The highest BCUT2D eigenvalue weighted by molar-refractivity contribution is 5.73. The number of primary amides is 1. The zero-order valence-corrected chi connectivity index (χ0v) is 10.1. The molecule has 0 unspecified atom stereocenters. The summed E-state index contributed by atoms with van der Waals surface area (Å²) >= 11 is 0. The smallest absolute Gasteiger partial charge is 0.220 e. The summed E-state index contributed by atoms with van der Waals surface area (Å²) in [4.78, 5) is 10.6. The van der Waals surface area contributed by atoms with Crippen molar-refractivity contribution in [1.29, 1.82) is 0 Å². The SMILES string of the molecule is Cc1ccc(C(C)C)c(OCCC(N)=O)c1. The average molecular weight is 221 g/mol. The van der Waals surface area contributed by atoms with Gasteiger partial charge in [-0.05, 0) is 30.0 Å². The van der Waals surface area contributed by atoms with Crippen LogP contribution in [0.4, 0.5) is 0 Å². The molecule has 0 spiro atoms. The quantitative estimate of drug-likeness (QED) is 0.829. The van der Waals surface area contributed by atoms with Gasteiger partial charge >= 0.3 is 0 Å². The molecule has 0 saturated heterocycles. The minimum Gasteiger partial charge on any atom is -0.493 e. The lowest BCUT2D eigenvalue weighted by Gasteiger charge is -2.14. The predicted octanol–water partition coefficient (Wildman–Crippen LogP) is 2.37. The summed E-state index contributed by atoms with van der Waals surface area (Å²) in [6.45, 7) is 6.60. The molecule has 2 N–H and O–H groups in total. The molecule has 1 rings (SSSR count). The number of aryl methyl sites for hydroxylation is 1. The molecule has 0 aliphatic carbocycles. The van der Waals surface area contributed by atoms with Crippen LogP contribution in [0.3, 0.4) is 0 Å². The summed E-state index contributed by atoms with van der Waals surface area (Å²) in [6, 6.07) is 6.13. The molecule has 3 heteroatoms. The van der Waals surface area contributed by atoms with Crippen LogP contribution in [0.2, 0.25) is 0 Å². The van der Waals surface area contributed by atoms with Gasteiger partial charge in [-0.15, -0.1) is 0 Å². The van der Waals surface area contributed by atoms with Crippen molar-refractivity contribution >= 4 is 5.91 Å². The van der Waals surface area contributed by atoms with Gasteiger partial charge < -0.3 is 10.5 Å². The van der Waals surface area contributed by atoms with Crippen LogP contribution in [0, 0.1) is 6.92 Å². The highest BCUT2D eigenvalue weighted by Crippen LogP contribution is 2.27. The summed E-state index contributed by atoms with van der Waals surface area (Å²) in [5, 5.41) is 0. The van der Waals surface area contributed by atoms with E-state index in [0.29, 0.717) is 12.5 Å². The van der Waals surface area contributed by atoms with Crippen molar-refractivity contribution in [2.45, 2.75) is 33.1 Å². The molecule has 0 heterocycles. The van der Waals surface area contributed by atoms with Crippen LogP contribution in [0.1, 0.15) is 37.3 Å². The lowest BCUT2D eigenvalue weighted by molar-refractivity contribution is -0.118. The molecular weight excluding hydrogens is 202 g/mol. The van der Waals surface area contributed by atoms with E-state index in [2.05, 4.69) is 26.0 Å². The molecule has 0 aliphatic rings. The van der Waals surface area contributed by atoms with Gasteiger partial charge in [-0.25, -0.2) is 0 Å². The van der Waals surface area contributed by atoms with E-state index in [1.807, 2.05) is 13.0 Å². The summed E-state index contributed by atoms with van der Waals surface area (Å²) in [7, 11) is 0. The Morgan fingerprint density at radius 2 is 2.12 bits per heavy atom. The summed E-state index contributed by atoms with van der Waals surface area (Å²) < 4.78 is 5.59. The van der Waals surface area contributed by atoms with Crippen molar-refractivity contribution in [2.75, 3.05) is 6.61 Å². The van der Waals surface area contributed by atoms with E-state index >= 15 is 0 Å². The number of rotatable bonds is 5. The minimum atomic E-state index is -0.334. The Morgan fingerprint density at radius 3 is 2.69 bits per heavy atom. The molecule has 3 nitrogen and oxygen atoms in total. The van der Waals surface area contributed by atoms with Gasteiger partial charge in [-0.3, -0.25) is 4.79 Å². The third-order valence-electron chi connectivity index (χ3n) is 2.40. The maximum absolute atomic E-state index is 10.6. The Labute approximate surface area is 96.6 Å². The van der Waals surface area contributed by atoms with Crippen LogP contribution in [-0.2, 0) is 4.79 Å². The molecule has 0 atom stereocenters. The first-order valence-corrected chi connectivity index (χ1v) is 5.52. The lowest BCUT2D eigenvalue weighted by atomic mass is 10.0. The van der Waals surface area contributed by atoms with E-state index in [9.17, 15) is 4.79 Å². The van der Waals surface area contributed by atoms with Crippen LogP contribution in [0.5, 0.6) is 5.75 Å². The average Bonchev–Trinajstić information content (AvgIpc) is 2.16. The number of amides is 1. The molecule has 0 saturated carbocycles. The van der Waals surface area contributed by atoms with Crippen molar-refractivity contribution in [3.05, 3.63) is 29.3 Å². The van der Waals surface area contributed by atoms with Crippen molar-refractivity contribution in [1.82, 2.24) is 0 Å². The van der Waals surface area contributed by atoms with Gasteiger partial charge in [0.05, 0.1) is 13.0 Å². The van der Waals surface area contributed by atoms with Gasteiger partial charge in [0.15, 0.2) is 0 Å². The molecule has 0 radical (unpaired) electrons. The summed E-state index contributed by atoms with van der Waals surface area (Å²) in [6.07, 6.45) is 0.255. The molecule has 1 aromatic rings. The molecule has 1 amide bonds. The Balaban J connectivity index is 2.76. The first-order chi connectivity index (χ1) is 7.50. The second-order valence-corrected chi connectivity index (χ2v) is 4.26. The Morgan fingerprint density at radius 1 is 1.44 bits per heavy atom. The van der Waals surface area contributed by atoms with Crippen molar-refractivity contribution in [3.8, 4) is 5.75 Å². The fourth-order valence-corrected chi connectivity index (χ4v) is 1.51. The van der Waals surface area contributed by atoms with E-state index < -0.39 is 0 Å². The van der Waals surface area contributed by atoms with Crippen molar-refractivity contribution in [3.63, 3.8) is 0 Å². The minimum absolute atomic E-state index is 0.255. The molecule has 0 aliphatic heterocycles. The van der Waals surface area contributed by atoms with Gasteiger partial charge in [0, 0.05) is 0 Å². The highest BCUT2D eigenvalue weighted by Gasteiger charge is 2.08. The Bertz CT molecular complexity index is 372. The van der Waals surface area contributed by atoms with E-state index in [0.717, 1.165) is 16.9 Å². The maximum atomic E-state index is 10.6. The van der Waals surface area contributed by atoms with Crippen LogP contribution in [-0.4, -0.2) is 12.5 Å². The number of nitrogens with two attached hydrogens (primary N) is 1. The van der Waals surface area contributed by atoms with Crippen molar-refractivity contribution in [2.24, 2.45) is 5.73 Å². The Hall–Kier alpha value is -1.51. The zero-order valence-electron chi connectivity index (χ0n) is 10.1. The third-order valence-corrected chi connectivity index (χ3v) is 2.40. The fraction of sp³-hybridized carbons (Fsp3) is 0.462. The molecule has 16 heavy (non-hydrogen) atoms. The summed E-state index contributed by atoms with van der Waals surface area (Å²) in [5.41, 5.74) is 7.38. The standard InChI is InChI=1S/C13H19NO2/c1-9(2)11-5-4-10(3)8-12(11)16-7-6-13(14)15/h4-5,8-9H,6-7H2,1-3H3,(H2,14,15). The number of ether oxygens (including phenoxy) is 1. The van der Waals surface area contributed by atoms with Crippen LogP contribution < -0.4 is 10.5 Å². The largest absolute Gasteiger partial charge is 0.493 e. The van der Waals surface area contributed by atoms with Gasteiger partial charge in [-0.2, -0.15) is 0 Å². The van der Waals surface area contributed by atoms with E-state index in [1.165, 1.54) is 0 Å². The van der Waals surface area contributed by atoms with Gasteiger partial charge in [0.2, 0.25) is 5.91 Å². The van der Waals surface area contributed by atoms with Crippen LogP contribution in [0.15, 0.2) is 18.2 Å². The first kappa shape index (κ1) is 12.6. The first-order valence-electron chi connectivity index (χ1n) is 5.52. The molecule has 0 aromatic heterocycles. The van der Waals surface area contributed by atoms with Crippen LogP contribution >= 0.6 is 0 Å². The molecule has 1 aromatic carbocycles. The van der Waals surface area contributed by atoms with E-state index in [4.69, 9.17) is 10.5 Å². The summed E-state index contributed by atoms with van der Waals surface area (Å²) in [5.74, 6) is 0.930. The fourth-order valence-electron chi connectivity index (χ4n) is 1.51. The maximum Gasteiger partial charge on any atom is 0.220 e. The van der Waals surface area contributed by atoms with Gasteiger partial charge in [0.25, 0.3) is 0 Å². The number of hydrogen-bond donors (Lipinski definition) is 1. The molecular formula is C13H19NO2. The number of carbonyl (C=O) groups excluding carboxylic acids is 1. The monoisotopic (exact) mass is 221 g/mol. The third kappa shape index (κ3) is 3.57. The van der Waals surface area contributed by atoms with Gasteiger partial charge in [0.1, 0.15) is 5.75 Å².